The minimum atomic E-state index is -0.353. The van der Waals surface area contributed by atoms with E-state index in [2.05, 4.69) is 29.5 Å². The van der Waals surface area contributed by atoms with Crippen molar-refractivity contribution in [2.24, 2.45) is 5.92 Å². The highest BCUT2D eigenvalue weighted by molar-refractivity contribution is 6.03. The number of nitrogens with one attached hydrogen (secondary N) is 2. The zero-order valence-electron chi connectivity index (χ0n) is 16.3. The van der Waals surface area contributed by atoms with E-state index in [1.165, 1.54) is 0 Å². The fraction of sp³-hybridized carbons (Fsp3) is 0.429. The number of fused-ring (bicyclic) bond motifs is 1. The number of carbonyl (C=O) groups is 2. The highest BCUT2D eigenvalue weighted by Crippen LogP contribution is 2.22. The molecule has 1 aromatic carbocycles. The summed E-state index contributed by atoms with van der Waals surface area (Å²) in [5, 5.41) is 14.6. The van der Waals surface area contributed by atoms with E-state index < -0.39 is 0 Å². The van der Waals surface area contributed by atoms with Crippen LogP contribution in [0.4, 0.5) is 5.69 Å². The lowest BCUT2D eigenvalue weighted by Gasteiger charge is -2.17. The molecule has 28 heavy (non-hydrogen) atoms. The van der Waals surface area contributed by atoms with Gasteiger partial charge in [-0.3, -0.25) is 9.59 Å². The smallest absolute Gasteiger partial charge is 0.291 e. The zero-order chi connectivity index (χ0) is 20.1. The Labute approximate surface area is 164 Å². The Morgan fingerprint density at radius 2 is 1.96 bits per heavy atom. The molecule has 7 nitrogen and oxygen atoms in total. The molecule has 1 aromatic heterocycles. The largest absolute Gasteiger partial charge is 0.351 e. The first-order valence-corrected chi connectivity index (χ1v) is 9.68. The molecular formula is C21H25N5O2. The summed E-state index contributed by atoms with van der Waals surface area (Å²) in [5.41, 5.74) is 2.29. The summed E-state index contributed by atoms with van der Waals surface area (Å²) in [6, 6.07) is 8.69. The van der Waals surface area contributed by atoms with E-state index in [-0.39, 0.29) is 17.6 Å². The van der Waals surface area contributed by atoms with Crippen LogP contribution in [0, 0.1) is 17.2 Å². The molecule has 0 bridgehead atoms. The van der Waals surface area contributed by atoms with Gasteiger partial charge in [0.25, 0.3) is 11.8 Å². The quantitative estimate of drug-likeness (QED) is 0.805. The predicted molar refractivity (Wildman–Crippen MR) is 106 cm³/mol. The molecule has 0 spiro atoms. The molecule has 146 valence electrons. The van der Waals surface area contributed by atoms with Gasteiger partial charge in [0.15, 0.2) is 5.82 Å². The number of aromatic nitrogens is 2. The molecule has 0 atom stereocenters. The molecule has 2 amide bonds. The Kier molecular flexibility index (Phi) is 6.09. The second-order valence-corrected chi connectivity index (χ2v) is 7.42. The molecule has 0 aliphatic carbocycles. The minimum absolute atomic E-state index is 0.219. The number of nitriles is 1. The van der Waals surface area contributed by atoms with E-state index >= 15 is 0 Å². The van der Waals surface area contributed by atoms with Crippen molar-refractivity contribution in [3.8, 4) is 6.07 Å². The molecular weight excluding hydrogens is 354 g/mol. The molecule has 1 aliphatic heterocycles. The summed E-state index contributed by atoms with van der Waals surface area (Å²) in [6.45, 7) is 5.49. The van der Waals surface area contributed by atoms with Crippen LogP contribution in [0.25, 0.3) is 0 Å². The molecule has 0 radical (unpaired) electrons. The molecule has 7 heteroatoms. The number of benzene rings is 1. The Hall–Kier alpha value is -3.14. The third-order valence-corrected chi connectivity index (χ3v) is 4.82. The minimum Gasteiger partial charge on any atom is -0.351 e. The van der Waals surface area contributed by atoms with Crippen LogP contribution in [0.2, 0.25) is 0 Å². The number of anilines is 1. The third-order valence-electron chi connectivity index (χ3n) is 4.82. The van der Waals surface area contributed by atoms with E-state index in [9.17, 15) is 9.59 Å². The van der Waals surface area contributed by atoms with Gasteiger partial charge in [-0.15, -0.1) is 0 Å². The Morgan fingerprint density at radius 1 is 1.21 bits per heavy atom. The fourth-order valence-corrected chi connectivity index (χ4v) is 3.27. The lowest BCUT2D eigenvalue weighted by Crippen LogP contribution is -2.27. The third kappa shape index (κ3) is 4.39. The van der Waals surface area contributed by atoms with Gasteiger partial charge >= 0.3 is 0 Å². The van der Waals surface area contributed by atoms with Gasteiger partial charge in [0, 0.05) is 18.8 Å². The summed E-state index contributed by atoms with van der Waals surface area (Å²) >= 11 is 0. The van der Waals surface area contributed by atoms with Crippen molar-refractivity contribution < 1.29 is 9.59 Å². The molecule has 1 aliphatic rings. The normalized spacial score (nSPS) is 12.9. The van der Waals surface area contributed by atoms with Crippen molar-refractivity contribution in [1.29, 1.82) is 5.26 Å². The van der Waals surface area contributed by atoms with Gasteiger partial charge in [-0.05, 0) is 55.9 Å². The first kappa shape index (κ1) is 19.6. The maximum absolute atomic E-state index is 12.8. The van der Waals surface area contributed by atoms with Gasteiger partial charge in [0.1, 0.15) is 5.69 Å². The first-order valence-electron chi connectivity index (χ1n) is 9.68. The van der Waals surface area contributed by atoms with Gasteiger partial charge in [0.05, 0.1) is 17.3 Å². The Morgan fingerprint density at radius 3 is 2.64 bits per heavy atom. The van der Waals surface area contributed by atoms with Crippen molar-refractivity contribution in [3.63, 3.8) is 0 Å². The summed E-state index contributed by atoms with van der Waals surface area (Å²) in [6.07, 6.45) is 3.57. The van der Waals surface area contributed by atoms with Crippen LogP contribution in [-0.2, 0) is 13.0 Å². The zero-order valence-corrected chi connectivity index (χ0v) is 16.3. The van der Waals surface area contributed by atoms with Crippen molar-refractivity contribution in [2.75, 3.05) is 11.9 Å². The van der Waals surface area contributed by atoms with Gasteiger partial charge < -0.3 is 15.2 Å². The van der Waals surface area contributed by atoms with Crippen LogP contribution in [0.3, 0.4) is 0 Å². The average Bonchev–Trinajstić information content (AvgIpc) is 3.08. The van der Waals surface area contributed by atoms with E-state index in [0.717, 1.165) is 31.4 Å². The van der Waals surface area contributed by atoms with Crippen molar-refractivity contribution in [3.05, 3.63) is 47.0 Å². The number of hydrogen-bond donors (Lipinski definition) is 2. The van der Waals surface area contributed by atoms with Gasteiger partial charge in [0.2, 0.25) is 0 Å². The van der Waals surface area contributed by atoms with E-state index in [0.29, 0.717) is 36.0 Å². The number of amides is 2. The van der Waals surface area contributed by atoms with Crippen LogP contribution in [0.5, 0.6) is 0 Å². The number of nitrogens with zero attached hydrogens (tertiary/aromatic N) is 3. The second-order valence-electron chi connectivity index (χ2n) is 7.42. The number of rotatable bonds is 6. The molecule has 0 saturated carbocycles. The summed E-state index contributed by atoms with van der Waals surface area (Å²) in [4.78, 5) is 29.8. The molecule has 0 saturated heterocycles. The molecule has 0 fully saturated rings. The van der Waals surface area contributed by atoms with E-state index in [1.54, 1.807) is 24.3 Å². The van der Waals surface area contributed by atoms with Crippen LogP contribution >= 0.6 is 0 Å². The van der Waals surface area contributed by atoms with Crippen molar-refractivity contribution in [1.82, 2.24) is 14.9 Å². The maximum atomic E-state index is 12.8. The fourth-order valence-electron chi connectivity index (χ4n) is 3.27. The van der Waals surface area contributed by atoms with E-state index in [4.69, 9.17) is 5.26 Å². The van der Waals surface area contributed by atoms with Crippen molar-refractivity contribution >= 4 is 17.5 Å². The highest BCUT2D eigenvalue weighted by Gasteiger charge is 2.27. The van der Waals surface area contributed by atoms with E-state index in [1.807, 2.05) is 10.6 Å². The lowest BCUT2D eigenvalue weighted by molar-refractivity contribution is 0.0946. The van der Waals surface area contributed by atoms with Crippen molar-refractivity contribution in [2.45, 2.75) is 46.1 Å². The Balaban J connectivity index is 1.80. The molecule has 2 aromatic rings. The summed E-state index contributed by atoms with van der Waals surface area (Å²) in [5.74, 6) is 0.191. The van der Waals surface area contributed by atoms with Crippen LogP contribution < -0.4 is 10.6 Å². The maximum Gasteiger partial charge on any atom is 0.291 e. The average molecular weight is 379 g/mol. The molecule has 0 unspecified atom stereocenters. The topological polar surface area (TPSA) is 99.8 Å². The van der Waals surface area contributed by atoms with Crippen LogP contribution in [-0.4, -0.2) is 27.9 Å². The molecule has 2 heterocycles. The number of carbonyl (C=O) groups excluding carboxylic acids is 2. The summed E-state index contributed by atoms with van der Waals surface area (Å²) in [7, 11) is 0. The SMILES string of the molecule is CC(C)CCNC(=O)c1nc(C(=O)Nc2ccc(C#N)cc2)n2c1CCCC2. The summed E-state index contributed by atoms with van der Waals surface area (Å²) < 4.78 is 1.86. The standard InChI is InChI=1S/C21H25N5O2/c1-14(2)10-11-23-20(27)18-17-5-3-4-12-26(17)19(25-18)21(28)24-16-8-6-15(13-22)7-9-16/h6-9,14H,3-5,10-12H2,1-2H3,(H,23,27)(H,24,28). The van der Waals surface area contributed by atoms with Gasteiger partial charge in [-0.25, -0.2) is 4.98 Å². The van der Waals surface area contributed by atoms with Crippen LogP contribution in [0.15, 0.2) is 24.3 Å². The molecule has 3 rings (SSSR count). The van der Waals surface area contributed by atoms with Crippen LogP contribution in [0.1, 0.15) is 65.5 Å². The number of hydrogen-bond acceptors (Lipinski definition) is 4. The first-order chi connectivity index (χ1) is 13.5. The number of imidazole rings is 1. The highest BCUT2D eigenvalue weighted by atomic mass is 16.2. The molecule has 2 N–H and O–H groups in total. The monoisotopic (exact) mass is 379 g/mol. The van der Waals surface area contributed by atoms with Gasteiger partial charge in [-0.2, -0.15) is 5.26 Å². The Bertz CT molecular complexity index is 906. The predicted octanol–water partition coefficient (Wildman–Crippen LogP) is 3.12. The lowest BCUT2D eigenvalue weighted by atomic mass is 10.1. The second kappa shape index (κ2) is 8.70. The van der Waals surface area contributed by atoms with Gasteiger partial charge in [-0.1, -0.05) is 13.8 Å².